The number of imide groups is 1. The van der Waals surface area contributed by atoms with E-state index in [1.165, 1.54) is 30.3 Å². The van der Waals surface area contributed by atoms with E-state index in [1.807, 2.05) is 0 Å². The molecule has 124 valence electrons. The maximum Gasteiger partial charge on any atom is 0.426 e. The largest absolute Gasteiger partial charge is 0.595 e. The fraction of sp³-hybridized carbons (Fsp3) is 0.133. The second kappa shape index (κ2) is 5.89. The third kappa shape index (κ3) is 2.36. The molecule has 0 aromatic heterocycles. The fourth-order valence-electron chi connectivity index (χ4n) is 2.64. The van der Waals surface area contributed by atoms with Crippen LogP contribution in [0.25, 0.3) is 10.8 Å². The van der Waals surface area contributed by atoms with Gasteiger partial charge in [0.1, 0.15) is 0 Å². The molecule has 0 aliphatic carbocycles. The SMILES string of the molecule is CCOC(=O)NN1C(=O)c2cccc3c([NH+]([O-])O)ccc(c23)C1=O. The van der Waals surface area contributed by atoms with E-state index in [-0.39, 0.29) is 34.2 Å². The summed E-state index contributed by atoms with van der Waals surface area (Å²) in [4.78, 5) is 36.6. The van der Waals surface area contributed by atoms with Crippen molar-refractivity contribution in [1.82, 2.24) is 10.4 Å². The third-order valence-corrected chi connectivity index (χ3v) is 3.62. The smallest absolute Gasteiger partial charge is 0.426 e. The minimum Gasteiger partial charge on any atom is -0.595 e. The standard InChI is InChI=1S/C15H13N3O6/c1-2-24-15(21)16-17-13(19)9-5-3-4-8-11(18(22)23)7-6-10(12(8)9)14(17)20/h3-7,18,22H,2H2,1H3,(H,16,21). The van der Waals surface area contributed by atoms with Crippen molar-refractivity contribution in [3.8, 4) is 0 Å². The Hall–Kier alpha value is -3.01. The summed E-state index contributed by atoms with van der Waals surface area (Å²) in [5, 5.41) is 20.5. The van der Waals surface area contributed by atoms with E-state index in [9.17, 15) is 24.8 Å². The highest BCUT2D eigenvalue weighted by atomic mass is 16.8. The van der Waals surface area contributed by atoms with E-state index >= 15 is 0 Å². The van der Waals surface area contributed by atoms with Crippen molar-refractivity contribution < 1.29 is 29.6 Å². The first-order valence-electron chi connectivity index (χ1n) is 7.07. The molecule has 0 saturated carbocycles. The molecule has 1 atom stereocenters. The molecule has 24 heavy (non-hydrogen) atoms. The van der Waals surface area contributed by atoms with Crippen LogP contribution in [0.4, 0.5) is 10.5 Å². The lowest BCUT2D eigenvalue weighted by atomic mass is 9.94. The van der Waals surface area contributed by atoms with E-state index in [1.54, 1.807) is 6.92 Å². The Morgan fingerprint density at radius 1 is 1.25 bits per heavy atom. The molecule has 9 heteroatoms. The first-order valence-corrected chi connectivity index (χ1v) is 7.07. The molecule has 0 radical (unpaired) electrons. The van der Waals surface area contributed by atoms with Gasteiger partial charge in [-0.2, -0.15) is 10.2 Å². The van der Waals surface area contributed by atoms with E-state index < -0.39 is 23.1 Å². The summed E-state index contributed by atoms with van der Waals surface area (Å²) in [6.07, 6.45) is -0.933. The van der Waals surface area contributed by atoms with Gasteiger partial charge in [-0.05, 0) is 25.1 Å². The number of rotatable bonds is 3. The molecule has 9 nitrogen and oxygen atoms in total. The first kappa shape index (κ1) is 15.9. The Bertz CT molecular complexity index is 841. The number of benzene rings is 2. The van der Waals surface area contributed by atoms with Crippen LogP contribution >= 0.6 is 0 Å². The van der Waals surface area contributed by atoms with Gasteiger partial charge < -0.3 is 9.94 Å². The lowest BCUT2D eigenvalue weighted by Crippen LogP contribution is -2.99. The van der Waals surface area contributed by atoms with Gasteiger partial charge in [0.05, 0.1) is 17.7 Å². The van der Waals surface area contributed by atoms with Crippen molar-refractivity contribution in [2.45, 2.75) is 6.92 Å². The zero-order valence-electron chi connectivity index (χ0n) is 12.5. The van der Waals surface area contributed by atoms with E-state index in [0.29, 0.717) is 5.01 Å². The molecule has 2 aromatic rings. The Morgan fingerprint density at radius 3 is 2.54 bits per heavy atom. The highest BCUT2D eigenvalue weighted by molar-refractivity contribution is 6.26. The van der Waals surface area contributed by atoms with Crippen LogP contribution in [0.15, 0.2) is 30.3 Å². The molecule has 1 aliphatic rings. The highest BCUT2D eigenvalue weighted by Crippen LogP contribution is 2.32. The van der Waals surface area contributed by atoms with E-state index in [0.717, 1.165) is 0 Å². The molecule has 3 amide bonds. The minimum atomic E-state index is -1.16. The van der Waals surface area contributed by atoms with Crippen LogP contribution in [-0.2, 0) is 4.74 Å². The van der Waals surface area contributed by atoms with Gasteiger partial charge in [0, 0.05) is 16.8 Å². The number of hydrazine groups is 1. The molecule has 3 rings (SSSR count). The molecule has 1 heterocycles. The summed E-state index contributed by atoms with van der Waals surface area (Å²) in [7, 11) is 0. The Labute approximate surface area is 135 Å². The van der Waals surface area contributed by atoms with Crippen LogP contribution in [0.3, 0.4) is 0 Å². The van der Waals surface area contributed by atoms with Gasteiger partial charge >= 0.3 is 6.09 Å². The van der Waals surface area contributed by atoms with Crippen molar-refractivity contribution in [3.63, 3.8) is 0 Å². The summed E-state index contributed by atoms with van der Waals surface area (Å²) in [6.45, 7) is 1.67. The molecular weight excluding hydrogens is 318 g/mol. The van der Waals surface area contributed by atoms with Gasteiger partial charge in [-0.1, -0.05) is 6.07 Å². The number of carbonyl (C=O) groups excluding carboxylic acids is 3. The third-order valence-electron chi connectivity index (χ3n) is 3.62. The average molecular weight is 331 g/mol. The zero-order valence-corrected chi connectivity index (χ0v) is 12.5. The number of amides is 3. The molecule has 0 saturated heterocycles. The number of ether oxygens (including phenoxy) is 1. The predicted molar refractivity (Wildman–Crippen MR) is 80.4 cm³/mol. The second-order valence-electron chi connectivity index (χ2n) is 4.97. The molecule has 2 aromatic carbocycles. The van der Waals surface area contributed by atoms with Crippen molar-refractivity contribution in [1.29, 1.82) is 0 Å². The van der Waals surface area contributed by atoms with E-state index in [4.69, 9.17) is 0 Å². The molecule has 1 unspecified atom stereocenters. The summed E-state index contributed by atoms with van der Waals surface area (Å²) >= 11 is 0. The topological polar surface area (TPSA) is 123 Å². The lowest BCUT2D eigenvalue weighted by Gasteiger charge is -2.27. The molecule has 3 N–H and O–H groups in total. The molecule has 1 aliphatic heterocycles. The monoisotopic (exact) mass is 331 g/mol. The van der Waals surface area contributed by atoms with Gasteiger partial charge in [-0.15, -0.1) is 0 Å². The summed E-state index contributed by atoms with van der Waals surface area (Å²) in [5.41, 5.74) is 2.34. The van der Waals surface area contributed by atoms with Crippen molar-refractivity contribution in [2.75, 3.05) is 6.61 Å². The van der Waals surface area contributed by atoms with Gasteiger partial charge in [0.15, 0.2) is 5.69 Å². The van der Waals surface area contributed by atoms with Gasteiger partial charge in [-0.3, -0.25) is 9.59 Å². The quantitative estimate of drug-likeness (QED) is 0.556. The van der Waals surface area contributed by atoms with Gasteiger partial charge in [0.25, 0.3) is 11.8 Å². The molecule has 0 fully saturated rings. The number of quaternary nitrogens is 1. The molecular formula is C15H13N3O6. The predicted octanol–water partition coefficient (Wildman–Crippen LogP) is 0.500. The molecule has 0 spiro atoms. The number of nitrogens with zero attached hydrogens (tertiary/aromatic N) is 1. The first-order chi connectivity index (χ1) is 11.5. The lowest BCUT2D eigenvalue weighted by molar-refractivity contribution is -0.990. The maximum atomic E-state index is 12.5. The van der Waals surface area contributed by atoms with Crippen LogP contribution in [0.2, 0.25) is 0 Å². The molecule has 0 bridgehead atoms. The average Bonchev–Trinajstić information content (AvgIpc) is 2.56. The summed E-state index contributed by atoms with van der Waals surface area (Å²) in [6, 6.07) is 7.13. The van der Waals surface area contributed by atoms with Crippen molar-refractivity contribution in [2.24, 2.45) is 0 Å². The van der Waals surface area contributed by atoms with Gasteiger partial charge in [-0.25, -0.2) is 15.4 Å². The minimum absolute atomic E-state index is 0.0111. The van der Waals surface area contributed by atoms with Crippen LogP contribution in [0.5, 0.6) is 0 Å². The number of nitrogens with one attached hydrogen (secondary N) is 2. The van der Waals surface area contributed by atoms with E-state index in [2.05, 4.69) is 10.2 Å². The maximum absolute atomic E-state index is 12.5. The summed E-state index contributed by atoms with van der Waals surface area (Å²) < 4.78 is 4.68. The number of hydrogen-bond acceptors (Lipinski definition) is 6. The van der Waals surface area contributed by atoms with Crippen LogP contribution < -0.4 is 10.7 Å². The van der Waals surface area contributed by atoms with Crippen LogP contribution in [0, 0.1) is 5.21 Å². The highest BCUT2D eigenvalue weighted by Gasteiger charge is 2.35. The fourth-order valence-corrected chi connectivity index (χ4v) is 2.64. The van der Waals surface area contributed by atoms with Crippen LogP contribution in [-0.4, -0.2) is 34.7 Å². The number of hydrogen-bond donors (Lipinski definition) is 3. The van der Waals surface area contributed by atoms with Crippen LogP contribution in [0.1, 0.15) is 27.6 Å². The number of carbonyl (C=O) groups is 3. The van der Waals surface area contributed by atoms with Gasteiger partial charge in [0.2, 0.25) is 0 Å². The zero-order chi connectivity index (χ0) is 17.4. The summed E-state index contributed by atoms with van der Waals surface area (Å²) in [5.74, 6) is -1.51. The van der Waals surface area contributed by atoms with Crippen molar-refractivity contribution in [3.05, 3.63) is 46.7 Å². The second-order valence-corrected chi connectivity index (χ2v) is 4.97. The Kier molecular flexibility index (Phi) is 3.89. The normalized spacial score (nSPS) is 14.7. The Morgan fingerprint density at radius 2 is 1.92 bits per heavy atom. The van der Waals surface area contributed by atoms with Crippen molar-refractivity contribution >= 4 is 34.4 Å². The Balaban J connectivity index is 2.15.